The zero-order valence-electron chi connectivity index (χ0n) is 15.2. The van der Waals surface area contributed by atoms with E-state index in [2.05, 4.69) is 43.4 Å². The fraction of sp³-hybridized carbons (Fsp3) is 0.941. The SMILES string of the molecule is CCNC(=NCCCCN(C)C(C)C)NC1CC2CCC1O2.I. The van der Waals surface area contributed by atoms with Gasteiger partial charge < -0.3 is 20.3 Å². The number of unbranched alkanes of at least 4 members (excludes halogenated alkanes) is 1. The summed E-state index contributed by atoms with van der Waals surface area (Å²) in [6, 6.07) is 1.07. The maximum absolute atomic E-state index is 5.90. The van der Waals surface area contributed by atoms with E-state index in [1.165, 1.54) is 19.3 Å². The molecule has 2 heterocycles. The molecule has 5 nitrogen and oxygen atoms in total. The average Bonchev–Trinajstić information content (AvgIpc) is 3.09. The molecule has 23 heavy (non-hydrogen) atoms. The van der Waals surface area contributed by atoms with Gasteiger partial charge in [-0.3, -0.25) is 4.99 Å². The molecule has 3 atom stereocenters. The predicted molar refractivity (Wildman–Crippen MR) is 108 cm³/mol. The van der Waals surface area contributed by atoms with Crippen LogP contribution in [0.15, 0.2) is 4.99 Å². The maximum atomic E-state index is 5.90. The molecule has 2 aliphatic rings. The van der Waals surface area contributed by atoms with Crippen LogP contribution in [0.4, 0.5) is 0 Å². The Kier molecular flexibility index (Phi) is 9.77. The van der Waals surface area contributed by atoms with Crippen molar-refractivity contribution in [2.24, 2.45) is 4.99 Å². The lowest BCUT2D eigenvalue weighted by atomic mass is 9.96. The van der Waals surface area contributed by atoms with Crippen LogP contribution in [-0.2, 0) is 4.74 Å². The molecule has 0 aliphatic carbocycles. The van der Waals surface area contributed by atoms with Crippen molar-refractivity contribution in [3.63, 3.8) is 0 Å². The minimum absolute atomic E-state index is 0. The second kappa shape index (κ2) is 10.7. The number of fused-ring (bicyclic) bond motifs is 2. The number of hydrogen-bond donors (Lipinski definition) is 2. The molecule has 0 aromatic rings. The van der Waals surface area contributed by atoms with Gasteiger partial charge >= 0.3 is 0 Å². The van der Waals surface area contributed by atoms with Crippen molar-refractivity contribution in [1.29, 1.82) is 0 Å². The molecule has 2 bridgehead atoms. The standard InChI is InChI=1S/C17H34N4O.HI/c1-5-18-17(19-10-6-7-11-21(4)13(2)3)20-15-12-14-8-9-16(15)22-14;/h13-16H,5-12H2,1-4H3,(H2,18,19,20);1H. The first-order chi connectivity index (χ1) is 10.6. The summed E-state index contributed by atoms with van der Waals surface area (Å²) in [7, 11) is 2.19. The highest BCUT2D eigenvalue weighted by atomic mass is 127. The summed E-state index contributed by atoms with van der Waals surface area (Å²) >= 11 is 0. The number of rotatable bonds is 8. The number of ether oxygens (including phenoxy) is 1. The van der Waals surface area contributed by atoms with Gasteiger partial charge in [-0.1, -0.05) is 0 Å². The maximum Gasteiger partial charge on any atom is 0.191 e. The average molecular weight is 438 g/mol. The van der Waals surface area contributed by atoms with Gasteiger partial charge in [-0.05, 0) is 66.5 Å². The van der Waals surface area contributed by atoms with Gasteiger partial charge in [0.1, 0.15) is 0 Å². The zero-order valence-corrected chi connectivity index (χ0v) is 17.5. The van der Waals surface area contributed by atoms with Crippen LogP contribution in [0.2, 0.25) is 0 Å². The van der Waals surface area contributed by atoms with Crippen LogP contribution in [0.3, 0.4) is 0 Å². The molecule has 2 saturated heterocycles. The van der Waals surface area contributed by atoms with Gasteiger partial charge in [0.15, 0.2) is 5.96 Å². The largest absolute Gasteiger partial charge is 0.373 e. The summed E-state index contributed by atoms with van der Waals surface area (Å²) in [6.45, 7) is 9.54. The number of halogens is 1. The van der Waals surface area contributed by atoms with Crippen LogP contribution >= 0.6 is 24.0 Å². The molecule has 6 heteroatoms. The second-order valence-electron chi connectivity index (χ2n) is 6.90. The molecule has 2 aliphatic heterocycles. The molecule has 0 saturated carbocycles. The van der Waals surface area contributed by atoms with Gasteiger partial charge in [-0.2, -0.15) is 0 Å². The Bertz CT molecular complexity index is 365. The van der Waals surface area contributed by atoms with Gasteiger partial charge in [0.2, 0.25) is 0 Å². The fourth-order valence-electron chi connectivity index (χ4n) is 3.21. The summed E-state index contributed by atoms with van der Waals surface area (Å²) in [6.07, 6.45) is 6.79. The van der Waals surface area contributed by atoms with E-state index in [4.69, 9.17) is 9.73 Å². The number of aliphatic imine (C=N–C) groups is 1. The van der Waals surface area contributed by atoms with Crippen molar-refractivity contribution in [2.75, 3.05) is 26.7 Å². The highest BCUT2D eigenvalue weighted by molar-refractivity contribution is 14.0. The van der Waals surface area contributed by atoms with Crippen LogP contribution in [0, 0.1) is 0 Å². The molecule has 0 radical (unpaired) electrons. The van der Waals surface area contributed by atoms with Gasteiger partial charge in [0, 0.05) is 19.1 Å². The summed E-state index contributed by atoms with van der Waals surface area (Å²) in [5, 5.41) is 6.93. The van der Waals surface area contributed by atoms with Gasteiger partial charge in [0.05, 0.1) is 18.2 Å². The highest BCUT2D eigenvalue weighted by Crippen LogP contribution is 2.34. The zero-order chi connectivity index (χ0) is 15.9. The van der Waals surface area contributed by atoms with E-state index in [9.17, 15) is 0 Å². The minimum Gasteiger partial charge on any atom is -0.373 e. The first-order valence-corrected chi connectivity index (χ1v) is 9.00. The summed E-state index contributed by atoms with van der Waals surface area (Å²) in [5.74, 6) is 0.959. The molecule has 3 unspecified atom stereocenters. The fourth-order valence-corrected chi connectivity index (χ4v) is 3.21. The Balaban J connectivity index is 0.00000264. The van der Waals surface area contributed by atoms with Crippen LogP contribution < -0.4 is 10.6 Å². The third kappa shape index (κ3) is 6.74. The highest BCUT2D eigenvalue weighted by Gasteiger charge is 2.41. The monoisotopic (exact) mass is 438 g/mol. The number of hydrogen-bond acceptors (Lipinski definition) is 3. The van der Waals surface area contributed by atoms with Crippen molar-refractivity contribution < 1.29 is 4.74 Å². The van der Waals surface area contributed by atoms with Crippen LogP contribution in [-0.4, -0.2) is 61.8 Å². The van der Waals surface area contributed by atoms with Gasteiger partial charge in [0.25, 0.3) is 0 Å². The van der Waals surface area contributed by atoms with E-state index >= 15 is 0 Å². The van der Waals surface area contributed by atoms with Crippen LogP contribution in [0.1, 0.15) is 52.9 Å². The topological polar surface area (TPSA) is 48.9 Å². The second-order valence-corrected chi connectivity index (χ2v) is 6.90. The molecular formula is C17H35IN4O. The molecule has 0 spiro atoms. The number of guanidine groups is 1. The van der Waals surface area contributed by atoms with Crippen molar-refractivity contribution in [1.82, 2.24) is 15.5 Å². The third-order valence-corrected chi connectivity index (χ3v) is 4.84. The molecule has 0 amide bonds. The molecular weight excluding hydrogens is 403 g/mol. The van der Waals surface area contributed by atoms with Gasteiger partial charge in [-0.25, -0.2) is 0 Å². The molecule has 2 fully saturated rings. The van der Waals surface area contributed by atoms with Crippen molar-refractivity contribution in [2.45, 2.75) is 77.2 Å². The predicted octanol–water partition coefficient (Wildman–Crippen LogP) is 2.60. The van der Waals surface area contributed by atoms with Crippen LogP contribution in [0.5, 0.6) is 0 Å². The van der Waals surface area contributed by atoms with Crippen LogP contribution in [0.25, 0.3) is 0 Å². The first kappa shape index (κ1) is 21.0. The van der Waals surface area contributed by atoms with E-state index in [0.29, 0.717) is 24.3 Å². The smallest absolute Gasteiger partial charge is 0.191 e. The van der Waals surface area contributed by atoms with E-state index in [0.717, 1.165) is 38.4 Å². The summed E-state index contributed by atoms with van der Waals surface area (Å²) in [4.78, 5) is 7.11. The quantitative estimate of drug-likeness (QED) is 0.265. The Morgan fingerprint density at radius 3 is 2.65 bits per heavy atom. The van der Waals surface area contributed by atoms with E-state index < -0.39 is 0 Å². The normalized spacial score (nSPS) is 26.7. The van der Waals surface area contributed by atoms with E-state index in [1.54, 1.807) is 0 Å². The first-order valence-electron chi connectivity index (χ1n) is 9.00. The number of nitrogens with zero attached hydrogens (tertiary/aromatic N) is 2. The lowest BCUT2D eigenvalue weighted by Crippen LogP contribution is -2.47. The molecule has 2 N–H and O–H groups in total. The van der Waals surface area contributed by atoms with E-state index in [-0.39, 0.29) is 24.0 Å². The third-order valence-electron chi connectivity index (χ3n) is 4.84. The van der Waals surface area contributed by atoms with Crippen molar-refractivity contribution in [3.05, 3.63) is 0 Å². The molecule has 2 rings (SSSR count). The Hall–Kier alpha value is -0.0800. The van der Waals surface area contributed by atoms with E-state index in [1.807, 2.05) is 0 Å². The summed E-state index contributed by atoms with van der Waals surface area (Å²) in [5.41, 5.74) is 0. The molecule has 136 valence electrons. The lowest BCUT2D eigenvalue weighted by Gasteiger charge is -2.23. The molecule has 0 aromatic carbocycles. The minimum atomic E-state index is 0. The molecule has 0 aromatic heterocycles. The Morgan fingerprint density at radius 1 is 1.30 bits per heavy atom. The van der Waals surface area contributed by atoms with Crippen molar-refractivity contribution >= 4 is 29.9 Å². The summed E-state index contributed by atoms with van der Waals surface area (Å²) < 4.78 is 5.90. The number of nitrogens with one attached hydrogen (secondary N) is 2. The van der Waals surface area contributed by atoms with Gasteiger partial charge in [-0.15, -0.1) is 24.0 Å². The lowest BCUT2D eigenvalue weighted by molar-refractivity contribution is 0.0992. The van der Waals surface area contributed by atoms with Crippen molar-refractivity contribution in [3.8, 4) is 0 Å². The Labute approximate surface area is 159 Å². The Morgan fingerprint density at radius 2 is 2.09 bits per heavy atom.